The second kappa shape index (κ2) is 6.66. The first-order chi connectivity index (χ1) is 9.47. The van der Waals surface area contributed by atoms with E-state index in [4.69, 9.17) is 39.5 Å². The highest BCUT2D eigenvalue weighted by Gasteiger charge is 2.27. The van der Waals surface area contributed by atoms with Crippen molar-refractivity contribution < 1.29 is 14.3 Å². The zero-order valence-electron chi connectivity index (χ0n) is 10.4. The average Bonchev–Trinajstić information content (AvgIpc) is 2.29. The van der Waals surface area contributed by atoms with Gasteiger partial charge in [-0.15, -0.1) is 0 Å². The van der Waals surface area contributed by atoms with Crippen molar-refractivity contribution in [3.05, 3.63) is 27.2 Å². The number of nitrogens with one attached hydrogen (secondary N) is 1. The van der Waals surface area contributed by atoms with E-state index < -0.39 is 5.91 Å². The number of esters is 1. The Morgan fingerprint density at radius 3 is 2.30 bits per heavy atom. The molecule has 0 atom stereocenters. The van der Waals surface area contributed by atoms with Crippen LogP contribution in [0.5, 0.6) is 0 Å². The average molecular weight is 337 g/mol. The van der Waals surface area contributed by atoms with E-state index in [0.29, 0.717) is 5.02 Å². The van der Waals surface area contributed by atoms with Gasteiger partial charge in [0.25, 0.3) is 5.91 Å². The van der Waals surface area contributed by atoms with Crippen LogP contribution in [0.2, 0.25) is 15.1 Å². The number of rotatable bonds is 4. The molecule has 1 aliphatic carbocycles. The summed E-state index contributed by atoms with van der Waals surface area (Å²) in [5.41, 5.74) is 0.252. The first-order valence-electron chi connectivity index (χ1n) is 6.08. The van der Waals surface area contributed by atoms with E-state index in [0.717, 1.165) is 19.3 Å². The monoisotopic (exact) mass is 335 g/mol. The molecular formula is C13H12Cl3NO3. The summed E-state index contributed by atoms with van der Waals surface area (Å²) in [7, 11) is 0. The molecule has 2 rings (SSSR count). The van der Waals surface area contributed by atoms with Crippen molar-refractivity contribution in [3.63, 3.8) is 0 Å². The Labute approximate surface area is 131 Å². The summed E-state index contributed by atoms with van der Waals surface area (Å²) >= 11 is 17.6. The Morgan fingerprint density at radius 2 is 1.80 bits per heavy atom. The zero-order chi connectivity index (χ0) is 14.7. The van der Waals surface area contributed by atoms with Gasteiger partial charge in [-0.25, -0.2) is 0 Å². The number of ether oxygens (including phenoxy) is 1. The van der Waals surface area contributed by atoms with Gasteiger partial charge in [0.05, 0.1) is 21.7 Å². The highest BCUT2D eigenvalue weighted by molar-refractivity contribution is 6.42. The summed E-state index contributed by atoms with van der Waals surface area (Å²) in [5.74, 6) is -0.894. The Kier molecular flexibility index (Phi) is 5.13. The van der Waals surface area contributed by atoms with Crippen LogP contribution in [0.15, 0.2) is 12.1 Å². The van der Waals surface area contributed by atoms with E-state index in [1.807, 2.05) is 0 Å². The van der Waals surface area contributed by atoms with Gasteiger partial charge in [0.1, 0.15) is 0 Å². The molecule has 0 bridgehead atoms. The van der Waals surface area contributed by atoms with Gasteiger partial charge in [-0.2, -0.15) is 0 Å². The van der Waals surface area contributed by atoms with Crippen molar-refractivity contribution in [1.29, 1.82) is 0 Å². The highest BCUT2D eigenvalue weighted by atomic mass is 35.5. The third-order valence-electron chi connectivity index (χ3n) is 3.06. The number of hydrogen-bond acceptors (Lipinski definition) is 3. The fourth-order valence-corrected chi connectivity index (χ4v) is 2.65. The molecule has 1 amide bonds. The summed E-state index contributed by atoms with van der Waals surface area (Å²) in [6.45, 7) is -0.357. The van der Waals surface area contributed by atoms with Crippen LogP contribution in [0.3, 0.4) is 0 Å². The molecule has 1 saturated carbocycles. The van der Waals surface area contributed by atoms with Gasteiger partial charge in [-0.1, -0.05) is 41.2 Å². The van der Waals surface area contributed by atoms with E-state index >= 15 is 0 Å². The third kappa shape index (κ3) is 3.78. The first-order valence-corrected chi connectivity index (χ1v) is 7.22. The van der Waals surface area contributed by atoms with Gasteiger partial charge in [-0.05, 0) is 25.0 Å². The van der Waals surface area contributed by atoms with Crippen LogP contribution in [0, 0.1) is 5.92 Å². The standard InChI is InChI=1S/C13H12Cl3NO3/c14-8-4-9(15)12(10(16)5-8)17-11(18)6-20-13(19)7-2-1-3-7/h4-5,7H,1-3,6H2,(H,17,18). The van der Waals surface area contributed by atoms with Crippen molar-refractivity contribution in [2.45, 2.75) is 19.3 Å². The molecule has 1 fully saturated rings. The summed E-state index contributed by atoms with van der Waals surface area (Å²) in [6, 6.07) is 2.93. The fraction of sp³-hybridized carbons (Fsp3) is 0.385. The molecule has 1 N–H and O–H groups in total. The molecule has 7 heteroatoms. The number of hydrogen-bond donors (Lipinski definition) is 1. The predicted molar refractivity (Wildman–Crippen MR) is 78.4 cm³/mol. The maximum Gasteiger partial charge on any atom is 0.309 e. The number of carbonyl (C=O) groups is 2. The van der Waals surface area contributed by atoms with Gasteiger partial charge in [0.15, 0.2) is 6.61 Å². The molecule has 0 aliphatic heterocycles. The Hall–Kier alpha value is -0.970. The maximum absolute atomic E-state index is 11.7. The van der Waals surface area contributed by atoms with Crippen molar-refractivity contribution in [1.82, 2.24) is 0 Å². The molecule has 0 heterocycles. The van der Waals surface area contributed by atoms with E-state index in [1.165, 1.54) is 12.1 Å². The van der Waals surface area contributed by atoms with Crippen LogP contribution in [0.4, 0.5) is 5.69 Å². The number of benzene rings is 1. The lowest BCUT2D eigenvalue weighted by Crippen LogP contribution is -2.28. The molecule has 0 spiro atoms. The van der Waals surface area contributed by atoms with E-state index in [9.17, 15) is 9.59 Å². The molecule has 0 aromatic heterocycles. The molecule has 0 unspecified atom stereocenters. The van der Waals surface area contributed by atoms with E-state index in [-0.39, 0.29) is 34.2 Å². The summed E-state index contributed by atoms with van der Waals surface area (Å²) in [4.78, 5) is 23.2. The molecule has 1 aromatic carbocycles. The normalized spacial score (nSPS) is 14.6. The number of anilines is 1. The largest absolute Gasteiger partial charge is 0.455 e. The summed E-state index contributed by atoms with van der Waals surface area (Å²) in [5, 5.41) is 3.31. The highest BCUT2D eigenvalue weighted by Crippen LogP contribution is 2.33. The fourth-order valence-electron chi connectivity index (χ4n) is 1.74. The van der Waals surface area contributed by atoms with Crippen LogP contribution < -0.4 is 5.32 Å². The van der Waals surface area contributed by atoms with Crippen molar-refractivity contribution in [2.75, 3.05) is 11.9 Å². The quantitative estimate of drug-likeness (QED) is 0.848. The summed E-state index contributed by atoms with van der Waals surface area (Å²) in [6.07, 6.45) is 2.69. The number of carbonyl (C=O) groups excluding carboxylic acids is 2. The van der Waals surface area contributed by atoms with Crippen LogP contribution in [-0.4, -0.2) is 18.5 Å². The molecular weight excluding hydrogens is 325 g/mol. The first kappa shape index (κ1) is 15.4. The molecule has 1 aliphatic rings. The Bertz CT molecular complexity index is 521. The minimum Gasteiger partial charge on any atom is -0.455 e. The molecule has 20 heavy (non-hydrogen) atoms. The Balaban J connectivity index is 1.89. The Morgan fingerprint density at radius 1 is 1.20 bits per heavy atom. The molecule has 0 saturated heterocycles. The zero-order valence-corrected chi connectivity index (χ0v) is 12.7. The van der Waals surface area contributed by atoms with Crippen LogP contribution in [0.25, 0.3) is 0 Å². The van der Waals surface area contributed by atoms with Crippen molar-refractivity contribution >= 4 is 52.4 Å². The van der Waals surface area contributed by atoms with Crippen molar-refractivity contribution in [3.8, 4) is 0 Å². The van der Waals surface area contributed by atoms with Crippen LogP contribution >= 0.6 is 34.8 Å². The lowest BCUT2D eigenvalue weighted by Gasteiger charge is -2.22. The smallest absolute Gasteiger partial charge is 0.309 e. The van der Waals surface area contributed by atoms with Gasteiger partial charge in [0.2, 0.25) is 0 Å². The number of amides is 1. The summed E-state index contributed by atoms with van der Waals surface area (Å²) < 4.78 is 4.92. The molecule has 4 nitrogen and oxygen atoms in total. The van der Waals surface area contributed by atoms with E-state index in [1.54, 1.807) is 0 Å². The topological polar surface area (TPSA) is 55.4 Å². The molecule has 1 aromatic rings. The van der Waals surface area contributed by atoms with Gasteiger partial charge >= 0.3 is 5.97 Å². The minimum absolute atomic E-state index is 0.0643. The lowest BCUT2D eigenvalue weighted by molar-refractivity contribution is -0.154. The van der Waals surface area contributed by atoms with Gasteiger partial charge in [0, 0.05) is 5.02 Å². The SMILES string of the molecule is O=C(COC(=O)C1CCC1)Nc1c(Cl)cc(Cl)cc1Cl. The van der Waals surface area contributed by atoms with Gasteiger partial charge in [-0.3, -0.25) is 9.59 Å². The van der Waals surface area contributed by atoms with Crippen molar-refractivity contribution in [2.24, 2.45) is 5.92 Å². The predicted octanol–water partition coefficient (Wildman–Crippen LogP) is 3.93. The van der Waals surface area contributed by atoms with Crippen LogP contribution in [-0.2, 0) is 14.3 Å². The number of halogens is 3. The second-order valence-electron chi connectivity index (χ2n) is 4.53. The molecule has 0 radical (unpaired) electrons. The second-order valence-corrected chi connectivity index (χ2v) is 5.78. The lowest BCUT2D eigenvalue weighted by atomic mass is 9.86. The molecule has 108 valence electrons. The van der Waals surface area contributed by atoms with Gasteiger partial charge < -0.3 is 10.1 Å². The van der Waals surface area contributed by atoms with Crippen LogP contribution in [0.1, 0.15) is 19.3 Å². The third-order valence-corrected chi connectivity index (χ3v) is 3.87. The van der Waals surface area contributed by atoms with E-state index in [2.05, 4.69) is 5.32 Å². The maximum atomic E-state index is 11.7. The minimum atomic E-state index is -0.496.